The summed E-state index contributed by atoms with van der Waals surface area (Å²) in [6.07, 6.45) is 8.68. The van der Waals surface area contributed by atoms with Gasteiger partial charge in [-0.15, -0.1) is 0 Å². The Labute approximate surface area is 148 Å². The standard InChI is InChI=1S/C22H23N3/c1-13-9-22(2,3)10-16-8-15(6-7-17(13)16)18-11-24-21-19(18)12-23-20(25-21)14-4-5-14/h6-8,11-12,14H,1,4-5,9-10H2,2-3H3,(H,23,24,25). The lowest BCUT2D eigenvalue weighted by atomic mass is 9.72. The van der Waals surface area contributed by atoms with Gasteiger partial charge in [0.2, 0.25) is 0 Å². The second kappa shape index (κ2) is 5.04. The average Bonchev–Trinajstić information content (AvgIpc) is 3.32. The zero-order valence-electron chi connectivity index (χ0n) is 14.9. The van der Waals surface area contributed by atoms with Gasteiger partial charge in [0.25, 0.3) is 0 Å². The largest absolute Gasteiger partial charge is 0.345 e. The van der Waals surface area contributed by atoms with Crippen LogP contribution in [0, 0.1) is 5.41 Å². The first kappa shape index (κ1) is 14.9. The number of nitrogens with zero attached hydrogens (tertiary/aromatic N) is 2. The molecule has 0 radical (unpaired) electrons. The molecule has 126 valence electrons. The molecule has 0 bridgehead atoms. The molecule has 0 saturated heterocycles. The molecule has 3 nitrogen and oxygen atoms in total. The lowest BCUT2D eigenvalue weighted by Gasteiger charge is -2.33. The van der Waals surface area contributed by atoms with Crippen molar-refractivity contribution < 1.29 is 0 Å². The van der Waals surface area contributed by atoms with Crippen molar-refractivity contribution in [1.82, 2.24) is 15.0 Å². The molecular weight excluding hydrogens is 306 g/mol. The fraction of sp³-hybridized carbons (Fsp3) is 0.364. The maximum absolute atomic E-state index is 4.73. The number of aromatic amines is 1. The minimum atomic E-state index is 0.283. The zero-order chi connectivity index (χ0) is 17.2. The van der Waals surface area contributed by atoms with Crippen LogP contribution in [0.25, 0.3) is 27.7 Å². The summed E-state index contributed by atoms with van der Waals surface area (Å²) < 4.78 is 0. The SMILES string of the molecule is C=C1CC(C)(C)Cc2cc(-c3c[nH]c4nc(C5CC5)ncc34)ccc21. The van der Waals surface area contributed by atoms with Crippen molar-refractivity contribution in [3.8, 4) is 11.1 Å². The summed E-state index contributed by atoms with van der Waals surface area (Å²) in [5.74, 6) is 1.57. The number of rotatable bonds is 2. The molecule has 1 N–H and O–H groups in total. The quantitative estimate of drug-likeness (QED) is 0.675. The van der Waals surface area contributed by atoms with Crippen LogP contribution in [0.3, 0.4) is 0 Å². The van der Waals surface area contributed by atoms with E-state index in [2.05, 4.69) is 54.8 Å². The summed E-state index contributed by atoms with van der Waals surface area (Å²) in [6, 6.07) is 6.78. The summed E-state index contributed by atoms with van der Waals surface area (Å²) in [5.41, 5.74) is 7.65. The number of hydrogen-bond donors (Lipinski definition) is 1. The van der Waals surface area contributed by atoms with E-state index < -0.39 is 0 Å². The van der Waals surface area contributed by atoms with Gasteiger partial charge in [0.05, 0.1) is 0 Å². The summed E-state index contributed by atoms with van der Waals surface area (Å²) in [7, 11) is 0. The minimum Gasteiger partial charge on any atom is -0.345 e. The van der Waals surface area contributed by atoms with Gasteiger partial charge in [-0.1, -0.05) is 38.6 Å². The highest BCUT2D eigenvalue weighted by molar-refractivity contribution is 5.93. The maximum Gasteiger partial charge on any atom is 0.141 e. The van der Waals surface area contributed by atoms with Crippen LogP contribution in [-0.2, 0) is 6.42 Å². The Balaban J connectivity index is 1.60. The lowest BCUT2D eigenvalue weighted by Crippen LogP contribution is -2.21. The van der Waals surface area contributed by atoms with E-state index in [1.54, 1.807) is 0 Å². The van der Waals surface area contributed by atoms with Gasteiger partial charge in [-0.3, -0.25) is 0 Å². The minimum absolute atomic E-state index is 0.283. The van der Waals surface area contributed by atoms with Gasteiger partial charge in [0, 0.05) is 29.3 Å². The molecule has 1 saturated carbocycles. The molecule has 2 aliphatic carbocycles. The van der Waals surface area contributed by atoms with Crippen LogP contribution in [0.5, 0.6) is 0 Å². The molecule has 25 heavy (non-hydrogen) atoms. The number of hydrogen-bond acceptors (Lipinski definition) is 2. The van der Waals surface area contributed by atoms with Crippen LogP contribution < -0.4 is 0 Å². The molecule has 0 amide bonds. The van der Waals surface area contributed by atoms with E-state index in [1.165, 1.54) is 40.7 Å². The summed E-state index contributed by atoms with van der Waals surface area (Å²) in [5, 5.41) is 1.11. The highest BCUT2D eigenvalue weighted by atomic mass is 15.0. The number of fused-ring (bicyclic) bond motifs is 2. The molecular formula is C22H23N3. The average molecular weight is 329 g/mol. The molecule has 0 aliphatic heterocycles. The molecule has 5 rings (SSSR count). The van der Waals surface area contributed by atoms with Crippen LogP contribution in [-0.4, -0.2) is 15.0 Å². The van der Waals surface area contributed by atoms with Crippen LogP contribution in [0.4, 0.5) is 0 Å². The predicted molar refractivity (Wildman–Crippen MR) is 102 cm³/mol. The molecule has 2 heterocycles. The van der Waals surface area contributed by atoms with Gasteiger partial charge < -0.3 is 4.98 Å². The number of nitrogens with one attached hydrogen (secondary N) is 1. The fourth-order valence-electron chi connectivity index (χ4n) is 4.20. The molecule has 0 atom stereocenters. The first-order chi connectivity index (χ1) is 12.0. The van der Waals surface area contributed by atoms with Crippen LogP contribution in [0.2, 0.25) is 0 Å². The van der Waals surface area contributed by atoms with Crippen molar-refractivity contribution in [2.45, 2.75) is 45.4 Å². The summed E-state index contributed by atoms with van der Waals surface area (Å²) in [6.45, 7) is 8.95. The number of allylic oxidation sites excluding steroid dienone is 1. The smallest absolute Gasteiger partial charge is 0.141 e. The summed E-state index contributed by atoms with van der Waals surface area (Å²) >= 11 is 0. The van der Waals surface area contributed by atoms with Crippen molar-refractivity contribution in [2.24, 2.45) is 5.41 Å². The zero-order valence-corrected chi connectivity index (χ0v) is 14.9. The van der Waals surface area contributed by atoms with E-state index in [-0.39, 0.29) is 5.41 Å². The monoisotopic (exact) mass is 329 g/mol. The fourth-order valence-corrected chi connectivity index (χ4v) is 4.20. The van der Waals surface area contributed by atoms with E-state index in [0.717, 1.165) is 29.7 Å². The Bertz CT molecular complexity index is 1010. The molecule has 2 aliphatic rings. The van der Waals surface area contributed by atoms with Crippen molar-refractivity contribution in [2.75, 3.05) is 0 Å². The first-order valence-electron chi connectivity index (χ1n) is 9.16. The molecule has 2 aromatic heterocycles. The van der Waals surface area contributed by atoms with E-state index >= 15 is 0 Å². The van der Waals surface area contributed by atoms with E-state index in [9.17, 15) is 0 Å². The Kier molecular flexibility index (Phi) is 3.00. The van der Waals surface area contributed by atoms with Gasteiger partial charge in [-0.2, -0.15) is 0 Å². The highest BCUT2D eigenvalue weighted by Gasteiger charge is 2.28. The van der Waals surface area contributed by atoms with Crippen LogP contribution in [0.15, 0.2) is 37.2 Å². The topological polar surface area (TPSA) is 41.6 Å². The Hall–Kier alpha value is -2.42. The van der Waals surface area contributed by atoms with Gasteiger partial charge in [0.1, 0.15) is 11.5 Å². The van der Waals surface area contributed by atoms with Crippen molar-refractivity contribution >= 4 is 16.6 Å². The Morgan fingerprint density at radius 1 is 1.16 bits per heavy atom. The summed E-state index contributed by atoms with van der Waals surface area (Å²) in [4.78, 5) is 12.7. The second-order valence-corrected chi connectivity index (χ2v) is 8.46. The van der Waals surface area contributed by atoms with Crippen LogP contribution >= 0.6 is 0 Å². The van der Waals surface area contributed by atoms with Crippen molar-refractivity contribution in [3.05, 3.63) is 54.1 Å². The van der Waals surface area contributed by atoms with E-state index in [4.69, 9.17) is 4.98 Å². The van der Waals surface area contributed by atoms with Crippen molar-refractivity contribution in [1.29, 1.82) is 0 Å². The first-order valence-corrected chi connectivity index (χ1v) is 9.16. The van der Waals surface area contributed by atoms with E-state index in [0.29, 0.717) is 5.92 Å². The van der Waals surface area contributed by atoms with Gasteiger partial charge in [0.15, 0.2) is 0 Å². The van der Waals surface area contributed by atoms with E-state index in [1.807, 2.05) is 6.20 Å². The molecule has 1 aromatic carbocycles. The van der Waals surface area contributed by atoms with Crippen molar-refractivity contribution in [3.63, 3.8) is 0 Å². The normalized spacial score (nSPS) is 19.2. The Morgan fingerprint density at radius 3 is 2.80 bits per heavy atom. The van der Waals surface area contributed by atoms with Gasteiger partial charge in [-0.05, 0) is 53.4 Å². The third-order valence-corrected chi connectivity index (χ3v) is 5.55. The molecule has 0 spiro atoms. The Morgan fingerprint density at radius 2 is 2.00 bits per heavy atom. The molecule has 0 unspecified atom stereocenters. The lowest BCUT2D eigenvalue weighted by molar-refractivity contribution is 0.365. The number of aromatic nitrogens is 3. The maximum atomic E-state index is 4.73. The predicted octanol–water partition coefficient (Wildman–Crippen LogP) is 5.49. The third kappa shape index (κ3) is 2.50. The molecule has 3 aromatic rings. The number of benzene rings is 1. The van der Waals surface area contributed by atoms with Crippen LogP contribution in [0.1, 0.15) is 56.0 Å². The number of H-pyrrole nitrogens is 1. The third-order valence-electron chi connectivity index (χ3n) is 5.55. The molecule has 1 fully saturated rings. The van der Waals surface area contributed by atoms with Gasteiger partial charge in [-0.25, -0.2) is 9.97 Å². The van der Waals surface area contributed by atoms with Gasteiger partial charge >= 0.3 is 0 Å². The second-order valence-electron chi connectivity index (χ2n) is 8.46. The highest BCUT2D eigenvalue weighted by Crippen LogP contribution is 2.42. The molecule has 3 heteroatoms.